The van der Waals surface area contributed by atoms with Crippen molar-refractivity contribution in [2.45, 2.75) is 26.7 Å². The summed E-state index contributed by atoms with van der Waals surface area (Å²) < 4.78 is 1.50. The number of hydrogen-bond acceptors (Lipinski definition) is 3. The number of aromatic amines is 1. The van der Waals surface area contributed by atoms with Crippen LogP contribution in [0, 0.1) is 11.6 Å². The first kappa shape index (κ1) is 13.4. The van der Waals surface area contributed by atoms with Crippen LogP contribution in [-0.4, -0.2) is 15.0 Å². The molecule has 2 aromatic rings. The third-order valence-electron chi connectivity index (χ3n) is 2.71. The van der Waals surface area contributed by atoms with Gasteiger partial charge < -0.3 is 4.98 Å². The predicted molar refractivity (Wildman–Crippen MR) is 79.1 cm³/mol. The summed E-state index contributed by atoms with van der Waals surface area (Å²) in [7, 11) is 0. The molecule has 3 nitrogen and oxygen atoms in total. The Morgan fingerprint density at radius 1 is 1.44 bits per heavy atom. The molecule has 2 rings (SSSR count). The molecule has 0 atom stereocenters. The summed E-state index contributed by atoms with van der Waals surface area (Å²) in [5, 5.41) is 0. The monoisotopic (exact) mass is 323 g/mol. The molecule has 0 bridgehead atoms. The van der Waals surface area contributed by atoms with Gasteiger partial charge in [-0.25, -0.2) is 4.98 Å². The Morgan fingerprint density at radius 3 is 2.89 bits per heavy atom. The van der Waals surface area contributed by atoms with E-state index in [0.29, 0.717) is 4.64 Å². The Kier molecular flexibility index (Phi) is 4.24. The van der Waals surface area contributed by atoms with Gasteiger partial charge in [-0.2, -0.15) is 0 Å². The lowest BCUT2D eigenvalue weighted by Gasteiger charge is -2.09. The number of halogens is 1. The van der Waals surface area contributed by atoms with Crippen molar-refractivity contribution in [3.8, 4) is 11.4 Å². The van der Waals surface area contributed by atoms with Crippen molar-refractivity contribution >= 4 is 28.1 Å². The van der Waals surface area contributed by atoms with Crippen LogP contribution in [0.5, 0.6) is 0 Å². The minimum atomic E-state index is 0.600. The van der Waals surface area contributed by atoms with E-state index in [-0.39, 0.29) is 0 Å². The minimum absolute atomic E-state index is 0.600. The summed E-state index contributed by atoms with van der Waals surface area (Å²) in [6.07, 6.45) is 5.60. The Labute approximate surface area is 120 Å². The van der Waals surface area contributed by atoms with Gasteiger partial charge in [-0.15, -0.1) is 0 Å². The van der Waals surface area contributed by atoms with Gasteiger partial charge in [0.2, 0.25) is 0 Å². The van der Waals surface area contributed by atoms with Crippen molar-refractivity contribution in [1.29, 1.82) is 0 Å². The van der Waals surface area contributed by atoms with Crippen molar-refractivity contribution in [1.82, 2.24) is 15.0 Å². The van der Waals surface area contributed by atoms with Crippen molar-refractivity contribution in [2.75, 3.05) is 0 Å². The first-order valence-corrected chi connectivity index (χ1v) is 7.03. The van der Waals surface area contributed by atoms with E-state index in [9.17, 15) is 0 Å². The Hall–Kier alpha value is -1.07. The number of H-pyrrole nitrogens is 1. The van der Waals surface area contributed by atoms with Gasteiger partial charge >= 0.3 is 0 Å². The molecule has 0 radical (unpaired) electrons. The molecule has 2 heterocycles. The average Bonchev–Trinajstić information content (AvgIpc) is 2.35. The highest BCUT2D eigenvalue weighted by Crippen LogP contribution is 2.23. The number of nitrogens with one attached hydrogen (secondary N) is 1. The van der Waals surface area contributed by atoms with Crippen LogP contribution in [0.3, 0.4) is 0 Å². The Balaban J connectivity index is 2.59. The van der Waals surface area contributed by atoms with Crippen molar-refractivity contribution < 1.29 is 0 Å². The van der Waals surface area contributed by atoms with E-state index < -0.39 is 0 Å². The fourth-order valence-corrected chi connectivity index (χ4v) is 2.39. The lowest BCUT2D eigenvalue weighted by atomic mass is 10.1. The summed E-state index contributed by atoms with van der Waals surface area (Å²) >= 11 is 8.79. The first-order valence-electron chi connectivity index (χ1n) is 5.83. The fraction of sp³-hybridized carbons (Fsp3) is 0.308. The standard InChI is InChI=1S/C13H14BrN3S/c1-3-4-10-11(14)13(18)17-12(16-10)9-5-6-15-7-8(9)2/h5-7H,3-4H2,1-2H3,(H,16,17,18). The maximum absolute atomic E-state index is 5.29. The van der Waals surface area contributed by atoms with Crippen LogP contribution in [0.1, 0.15) is 24.6 Å². The van der Waals surface area contributed by atoms with Crippen LogP contribution in [0.15, 0.2) is 22.9 Å². The zero-order chi connectivity index (χ0) is 13.1. The molecule has 0 saturated heterocycles. The summed E-state index contributed by atoms with van der Waals surface area (Å²) in [5.41, 5.74) is 3.23. The van der Waals surface area contributed by atoms with E-state index in [0.717, 1.165) is 40.0 Å². The number of rotatable bonds is 3. The molecule has 2 aromatic heterocycles. The molecule has 0 aliphatic heterocycles. The fourth-order valence-electron chi connectivity index (χ4n) is 1.79. The van der Waals surface area contributed by atoms with E-state index in [1.807, 2.05) is 19.2 Å². The summed E-state index contributed by atoms with van der Waals surface area (Å²) in [6.45, 7) is 4.16. The van der Waals surface area contributed by atoms with Crippen LogP contribution in [-0.2, 0) is 6.42 Å². The van der Waals surface area contributed by atoms with Gasteiger partial charge in [0.25, 0.3) is 0 Å². The zero-order valence-corrected chi connectivity index (χ0v) is 12.7. The molecule has 5 heteroatoms. The molecule has 1 N–H and O–H groups in total. The normalized spacial score (nSPS) is 10.6. The SMILES string of the molecule is CCCc1[nH]c(-c2ccncc2C)nc(=S)c1Br. The highest BCUT2D eigenvalue weighted by molar-refractivity contribution is 9.10. The van der Waals surface area contributed by atoms with E-state index in [1.165, 1.54) is 0 Å². The van der Waals surface area contributed by atoms with Crippen molar-refractivity contribution in [3.05, 3.63) is 38.8 Å². The Bertz CT molecular complexity index is 622. The molecule has 0 aliphatic rings. The second kappa shape index (κ2) is 5.71. The van der Waals surface area contributed by atoms with E-state index in [1.54, 1.807) is 6.20 Å². The number of aryl methyl sites for hydroxylation is 2. The molecule has 0 aliphatic carbocycles. The third kappa shape index (κ3) is 2.67. The summed E-state index contributed by atoms with van der Waals surface area (Å²) in [4.78, 5) is 11.9. The predicted octanol–water partition coefficient (Wildman–Crippen LogP) is 4.22. The first-order chi connectivity index (χ1) is 8.63. The maximum Gasteiger partial charge on any atom is 0.144 e. The van der Waals surface area contributed by atoms with Crippen molar-refractivity contribution in [2.24, 2.45) is 0 Å². The second-order valence-corrected chi connectivity index (χ2v) is 5.30. The zero-order valence-electron chi connectivity index (χ0n) is 10.3. The van der Waals surface area contributed by atoms with Gasteiger partial charge in [-0.05, 0) is 40.9 Å². The quantitative estimate of drug-likeness (QED) is 0.859. The molecule has 0 saturated carbocycles. The summed E-state index contributed by atoms with van der Waals surface area (Å²) in [5.74, 6) is 0.812. The highest BCUT2D eigenvalue weighted by Gasteiger charge is 2.09. The van der Waals surface area contributed by atoms with Crippen LogP contribution < -0.4 is 0 Å². The van der Waals surface area contributed by atoms with Crippen LogP contribution in [0.4, 0.5) is 0 Å². The molecule has 0 amide bonds. The van der Waals surface area contributed by atoms with Gasteiger partial charge in [0, 0.05) is 23.7 Å². The minimum Gasteiger partial charge on any atom is -0.342 e. The average molecular weight is 324 g/mol. The molecule has 0 fully saturated rings. The lowest BCUT2D eigenvalue weighted by molar-refractivity contribution is 0.865. The van der Waals surface area contributed by atoms with Crippen LogP contribution in [0.25, 0.3) is 11.4 Å². The van der Waals surface area contributed by atoms with Crippen LogP contribution >= 0.6 is 28.1 Å². The van der Waals surface area contributed by atoms with Gasteiger partial charge in [0.1, 0.15) is 10.5 Å². The molecule has 0 spiro atoms. The van der Waals surface area contributed by atoms with Crippen molar-refractivity contribution in [3.63, 3.8) is 0 Å². The number of nitrogens with zero attached hydrogens (tertiary/aromatic N) is 2. The van der Waals surface area contributed by atoms with E-state index >= 15 is 0 Å². The number of aromatic nitrogens is 3. The van der Waals surface area contributed by atoms with Gasteiger partial charge in [-0.3, -0.25) is 4.98 Å². The summed E-state index contributed by atoms with van der Waals surface area (Å²) in [6, 6.07) is 1.95. The smallest absolute Gasteiger partial charge is 0.144 e. The molecule has 94 valence electrons. The number of hydrogen-bond donors (Lipinski definition) is 1. The number of pyridine rings is 1. The molecule has 0 unspecified atom stereocenters. The molecular formula is C13H14BrN3S. The van der Waals surface area contributed by atoms with Gasteiger partial charge in [0.15, 0.2) is 0 Å². The lowest BCUT2D eigenvalue weighted by Crippen LogP contribution is -1.99. The molecule has 18 heavy (non-hydrogen) atoms. The van der Waals surface area contributed by atoms with E-state index in [4.69, 9.17) is 12.2 Å². The highest BCUT2D eigenvalue weighted by atomic mass is 79.9. The third-order valence-corrected chi connectivity index (χ3v) is 4.12. The largest absolute Gasteiger partial charge is 0.342 e. The van der Waals surface area contributed by atoms with Gasteiger partial charge in [-0.1, -0.05) is 25.6 Å². The van der Waals surface area contributed by atoms with Gasteiger partial charge in [0.05, 0.1) is 4.47 Å². The molecule has 0 aromatic carbocycles. The molecular weight excluding hydrogens is 310 g/mol. The topological polar surface area (TPSA) is 41.6 Å². The van der Waals surface area contributed by atoms with E-state index in [2.05, 4.69) is 37.8 Å². The van der Waals surface area contributed by atoms with Crippen LogP contribution in [0.2, 0.25) is 0 Å². The second-order valence-electron chi connectivity index (χ2n) is 4.12. The Morgan fingerprint density at radius 2 is 2.22 bits per heavy atom. The maximum atomic E-state index is 5.29.